The summed E-state index contributed by atoms with van der Waals surface area (Å²) in [6.45, 7) is 2.24. The minimum Gasteiger partial charge on any atom is -0.449 e. The van der Waals surface area contributed by atoms with Gasteiger partial charge in [0.15, 0.2) is 0 Å². The van der Waals surface area contributed by atoms with Gasteiger partial charge in [0.1, 0.15) is 5.84 Å². The molecule has 0 bridgehead atoms. The standard InChI is InChI=1S/C29H41N5O2/c1-33(2)19-11-7-5-4-6-8-12-20-36-29(35)32-28(30)23-15-17-25(18-16-23)31-22-26-21-24-13-9-10-14-27(24)34(26)3/h9-10,13-18,21,31H,4-8,11-12,19-20,22H2,1-3H3,(H2,30,32,35). The number of benzene rings is 2. The van der Waals surface area contributed by atoms with E-state index in [2.05, 4.69) is 59.4 Å². The van der Waals surface area contributed by atoms with Gasteiger partial charge in [0.2, 0.25) is 0 Å². The number of nitrogens with zero attached hydrogens (tertiary/aromatic N) is 2. The minimum absolute atomic E-state index is 0.0398. The zero-order chi connectivity index (χ0) is 25.8. The molecule has 0 aliphatic rings. The molecule has 1 aromatic heterocycles. The van der Waals surface area contributed by atoms with Crippen molar-refractivity contribution in [2.24, 2.45) is 7.05 Å². The number of anilines is 1. The fourth-order valence-corrected chi connectivity index (χ4v) is 4.25. The summed E-state index contributed by atoms with van der Waals surface area (Å²) in [7, 11) is 6.30. The Labute approximate surface area is 215 Å². The molecule has 0 fully saturated rings. The average molecular weight is 492 g/mol. The Hall–Kier alpha value is -3.32. The van der Waals surface area contributed by atoms with E-state index in [1.807, 2.05) is 36.4 Å². The van der Waals surface area contributed by atoms with Crippen LogP contribution in [0.5, 0.6) is 0 Å². The van der Waals surface area contributed by atoms with E-state index in [-0.39, 0.29) is 5.84 Å². The van der Waals surface area contributed by atoms with Crippen molar-refractivity contribution >= 4 is 28.5 Å². The van der Waals surface area contributed by atoms with Gasteiger partial charge in [0.25, 0.3) is 0 Å². The highest BCUT2D eigenvalue weighted by Gasteiger charge is 2.09. The first-order valence-corrected chi connectivity index (χ1v) is 13.0. The first-order valence-electron chi connectivity index (χ1n) is 13.0. The largest absolute Gasteiger partial charge is 0.449 e. The van der Waals surface area contributed by atoms with Crippen LogP contribution < -0.4 is 10.6 Å². The van der Waals surface area contributed by atoms with E-state index >= 15 is 0 Å². The van der Waals surface area contributed by atoms with E-state index in [4.69, 9.17) is 10.1 Å². The predicted molar refractivity (Wildman–Crippen MR) is 149 cm³/mol. The van der Waals surface area contributed by atoms with Crippen LogP contribution in [0.4, 0.5) is 10.5 Å². The summed E-state index contributed by atoms with van der Waals surface area (Å²) in [5.41, 5.74) is 3.99. The SMILES string of the molecule is CN(C)CCCCCCCCCOC(=O)NC(=N)c1ccc(NCc2cc3ccccc3n2C)cc1. The summed E-state index contributed by atoms with van der Waals surface area (Å²) in [6.07, 6.45) is 7.56. The molecule has 0 saturated heterocycles. The minimum atomic E-state index is -0.568. The molecule has 0 radical (unpaired) electrons. The highest BCUT2D eigenvalue weighted by Crippen LogP contribution is 2.19. The molecule has 0 unspecified atom stereocenters. The average Bonchev–Trinajstić information content (AvgIpc) is 3.19. The van der Waals surface area contributed by atoms with E-state index in [0.717, 1.165) is 25.1 Å². The zero-order valence-corrected chi connectivity index (χ0v) is 22.0. The Bertz CT molecular complexity index is 1100. The molecule has 36 heavy (non-hydrogen) atoms. The lowest BCUT2D eigenvalue weighted by Crippen LogP contribution is -2.31. The van der Waals surface area contributed by atoms with Gasteiger partial charge in [-0.15, -0.1) is 0 Å². The lowest BCUT2D eigenvalue weighted by Gasteiger charge is -2.11. The van der Waals surface area contributed by atoms with Gasteiger partial charge in [-0.3, -0.25) is 10.7 Å². The number of unbranched alkanes of at least 4 members (excludes halogenated alkanes) is 6. The van der Waals surface area contributed by atoms with Crippen molar-refractivity contribution in [3.05, 3.63) is 65.9 Å². The summed E-state index contributed by atoms with van der Waals surface area (Å²) in [4.78, 5) is 14.3. The van der Waals surface area contributed by atoms with Crippen LogP contribution in [0, 0.1) is 5.41 Å². The molecule has 0 spiro atoms. The maximum absolute atomic E-state index is 12.0. The number of fused-ring (bicyclic) bond motifs is 1. The molecule has 1 heterocycles. The quantitative estimate of drug-likeness (QED) is 0.144. The zero-order valence-electron chi connectivity index (χ0n) is 22.0. The Balaban J connectivity index is 1.30. The number of ether oxygens (including phenoxy) is 1. The molecule has 3 rings (SSSR count). The normalized spacial score (nSPS) is 11.1. The van der Waals surface area contributed by atoms with Gasteiger partial charge in [-0.1, -0.05) is 50.3 Å². The number of amidine groups is 1. The van der Waals surface area contributed by atoms with Crippen molar-refractivity contribution in [1.82, 2.24) is 14.8 Å². The van der Waals surface area contributed by atoms with Crippen LogP contribution in [0.15, 0.2) is 54.6 Å². The lowest BCUT2D eigenvalue weighted by atomic mass is 10.1. The molecular weight excluding hydrogens is 450 g/mol. The second-order valence-corrected chi connectivity index (χ2v) is 9.60. The molecule has 2 aromatic carbocycles. The topological polar surface area (TPSA) is 82.4 Å². The molecule has 3 N–H and O–H groups in total. The van der Waals surface area contributed by atoms with Gasteiger partial charge in [0, 0.05) is 29.5 Å². The lowest BCUT2D eigenvalue weighted by molar-refractivity contribution is 0.149. The fraction of sp³-hybridized carbons (Fsp3) is 0.448. The first kappa shape index (κ1) is 27.3. The van der Waals surface area contributed by atoms with Crippen LogP contribution in [0.25, 0.3) is 10.9 Å². The number of hydrogen-bond donors (Lipinski definition) is 3. The smallest absolute Gasteiger partial charge is 0.412 e. The van der Waals surface area contributed by atoms with Crippen molar-refractivity contribution < 1.29 is 9.53 Å². The monoisotopic (exact) mass is 491 g/mol. The Morgan fingerprint density at radius 1 is 0.944 bits per heavy atom. The Kier molecular flexibility index (Phi) is 10.8. The van der Waals surface area contributed by atoms with E-state index in [1.165, 1.54) is 48.7 Å². The van der Waals surface area contributed by atoms with Crippen molar-refractivity contribution in [2.75, 3.05) is 32.6 Å². The molecule has 0 saturated carbocycles. The van der Waals surface area contributed by atoms with Crippen LogP contribution in [0.1, 0.15) is 56.2 Å². The van der Waals surface area contributed by atoms with Crippen molar-refractivity contribution in [1.29, 1.82) is 5.41 Å². The summed E-state index contributed by atoms with van der Waals surface area (Å²) in [5.74, 6) is 0.0398. The number of aryl methyl sites for hydroxylation is 1. The molecule has 0 atom stereocenters. The number of aromatic nitrogens is 1. The third-order valence-corrected chi connectivity index (χ3v) is 6.41. The van der Waals surface area contributed by atoms with Gasteiger partial charge >= 0.3 is 6.09 Å². The molecule has 3 aromatic rings. The summed E-state index contributed by atoms with van der Waals surface area (Å²) < 4.78 is 7.43. The highest BCUT2D eigenvalue weighted by atomic mass is 16.5. The maximum atomic E-state index is 12.0. The van der Waals surface area contributed by atoms with Crippen LogP contribution in [0.3, 0.4) is 0 Å². The van der Waals surface area contributed by atoms with Gasteiger partial charge in [0.05, 0.1) is 13.2 Å². The number of amides is 1. The number of alkyl carbamates (subject to hydrolysis) is 1. The molecule has 7 heteroatoms. The van der Waals surface area contributed by atoms with Gasteiger partial charge in [-0.05, 0) is 75.3 Å². The van der Waals surface area contributed by atoms with Gasteiger partial charge in [-0.25, -0.2) is 4.79 Å². The molecule has 0 aliphatic heterocycles. The predicted octanol–water partition coefficient (Wildman–Crippen LogP) is 6.13. The number of rotatable bonds is 14. The van der Waals surface area contributed by atoms with Crippen molar-refractivity contribution in [3.63, 3.8) is 0 Å². The van der Waals surface area contributed by atoms with Gasteiger partial charge < -0.3 is 19.5 Å². The number of hydrogen-bond acceptors (Lipinski definition) is 5. The van der Waals surface area contributed by atoms with E-state index in [0.29, 0.717) is 18.7 Å². The molecule has 1 amide bonds. The molecular formula is C29H41N5O2. The van der Waals surface area contributed by atoms with Crippen LogP contribution in [0.2, 0.25) is 0 Å². The number of nitrogens with one attached hydrogen (secondary N) is 3. The molecule has 7 nitrogen and oxygen atoms in total. The number of carbonyl (C=O) groups is 1. The van der Waals surface area contributed by atoms with Crippen molar-refractivity contribution in [2.45, 2.75) is 51.5 Å². The second-order valence-electron chi connectivity index (χ2n) is 9.60. The number of para-hydroxylation sites is 1. The fourth-order valence-electron chi connectivity index (χ4n) is 4.25. The molecule has 0 aliphatic carbocycles. The highest BCUT2D eigenvalue weighted by molar-refractivity contribution is 6.04. The van der Waals surface area contributed by atoms with Crippen LogP contribution in [-0.2, 0) is 18.3 Å². The molecule has 194 valence electrons. The van der Waals surface area contributed by atoms with Gasteiger partial charge in [-0.2, -0.15) is 0 Å². The summed E-state index contributed by atoms with van der Waals surface area (Å²) in [6, 6.07) is 18.0. The van der Waals surface area contributed by atoms with Crippen LogP contribution >= 0.6 is 0 Å². The Morgan fingerprint density at radius 2 is 1.61 bits per heavy atom. The third-order valence-electron chi connectivity index (χ3n) is 6.41. The van der Waals surface area contributed by atoms with E-state index < -0.39 is 6.09 Å². The number of carbonyl (C=O) groups excluding carboxylic acids is 1. The van der Waals surface area contributed by atoms with Crippen LogP contribution in [-0.4, -0.2) is 48.6 Å². The van der Waals surface area contributed by atoms with Crippen molar-refractivity contribution in [3.8, 4) is 0 Å². The third kappa shape index (κ3) is 8.72. The summed E-state index contributed by atoms with van der Waals surface area (Å²) >= 11 is 0. The van der Waals surface area contributed by atoms with E-state index in [1.54, 1.807) is 0 Å². The maximum Gasteiger partial charge on any atom is 0.412 e. The van der Waals surface area contributed by atoms with E-state index in [9.17, 15) is 4.79 Å². The summed E-state index contributed by atoms with van der Waals surface area (Å²) in [5, 5.41) is 15.4. The Morgan fingerprint density at radius 3 is 2.31 bits per heavy atom. The first-order chi connectivity index (χ1) is 17.4. The second kappa shape index (κ2) is 14.3.